The molecule has 0 saturated heterocycles. The van der Waals surface area contributed by atoms with E-state index in [2.05, 4.69) is 10.3 Å². The van der Waals surface area contributed by atoms with Crippen LogP contribution in [0.25, 0.3) is 0 Å². The predicted molar refractivity (Wildman–Crippen MR) is 77.7 cm³/mol. The van der Waals surface area contributed by atoms with Gasteiger partial charge in [0.15, 0.2) is 0 Å². The molecule has 1 unspecified atom stereocenters. The van der Waals surface area contributed by atoms with E-state index in [1.165, 1.54) is 0 Å². The minimum atomic E-state index is -0.103. The van der Waals surface area contributed by atoms with Crippen LogP contribution in [0.5, 0.6) is 5.75 Å². The van der Waals surface area contributed by atoms with Crippen molar-refractivity contribution in [1.29, 1.82) is 0 Å². The topological polar surface area (TPSA) is 51.2 Å². The number of pyridine rings is 1. The summed E-state index contributed by atoms with van der Waals surface area (Å²) in [5.74, 6) is 0.734. The second-order valence-electron chi connectivity index (χ2n) is 4.43. The Labute approximate surface area is 118 Å². The van der Waals surface area contributed by atoms with E-state index in [4.69, 9.17) is 4.74 Å². The van der Waals surface area contributed by atoms with Gasteiger partial charge in [-0.1, -0.05) is 12.1 Å². The highest BCUT2D eigenvalue weighted by Crippen LogP contribution is 2.18. The van der Waals surface area contributed by atoms with Gasteiger partial charge in [-0.2, -0.15) is 0 Å². The summed E-state index contributed by atoms with van der Waals surface area (Å²) in [7, 11) is 0. The number of hydrogen-bond acceptors (Lipinski definition) is 3. The maximum absolute atomic E-state index is 12.0. The first-order valence-corrected chi connectivity index (χ1v) is 6.64. The van der Waals surface area contributed by atoms with Crippen LogP contribution in [0.4, 0.5) is 0 Å². The Kier molecular flexibility index (Phi) is 4.71. The standard InChI is InChI=1S/C16H18N2O2/c1-3-20-15-6-4-13(5-7-15)12(2)18-16(19)14-8-10-17-11-9-14/h4-12H,3H2,1-2H3,(H,18,19). The molecule has 1 heterocycles. The molecule has 0 aliphatic carbocycles. The fourth-order valence-corrected chi connectivity index (χ4v) is 1.89. The van der Waals surface area contributed by atoms with E-state index < -0.39 is 0 Å². The van der Waals surface area contributed by atoms with Crippen LogP contribution in [0.1, 0.15) is 35.8 Å². The third-order valence-electron chi connectivity index (χ3n) is 2.98. The van der Waals surface area contributed by atoms with Crippen molar-refractivity contribution in [2.45, 2.75) is 19.9 Å². The largest absolute Gasteiger partial charge is 0.494 e. The number of ether oxygens (including phenoxy) is 1. The molecular formula is C16H18N2O2. The Bertz CT molecular complexity index is 552. The van der Waals surface area contributed by atoms with Crippen LogP contribution in [-0.2, 0) is 0 Å². The van der Waals surface area contributed by atoms with Gasteiger partial charge in [-0.3, -0.25) is 9.78 Å². The molecule has 20 heavy (non-hydrogen) atoms. The maximum Gasteiger partial charge on any atom is 0.251 e. The molecule has 1 N–H and O–H groups in total. The summed E-state index contributed by atoms with van der Waals surface area (Å²) in [5.41, 5.74) is 1.65. The highest BCUT2D eigenvalue weighted by atomic mass is 16.5. The zero-order valence-corrected chi connectivity index (χ0v) is 11.7. The van der Waals surface area contributed by atoms with Gasteiger partial charge in [-0.15, -0.1) is 0 Å². The number of carbonyl (C=O) groups is 1. The zero-order chi connectivity index (χ0) is 14.4. The summed E-state index contributed by atoms with van der Waals surface area (Å²) in [4.78, 5) is 15.9. The van der Waals surface area contributed by atoms with Crippen molar-refractivity contribution in [1.82, 2.24) is 10.3 Å². The van der Waals surface area contributed by atoms with Gasteiger partial charge in [-0.05, 0) is 43.7 Å². The van der Waals surface area contributed by atoms with Crippen molar-refractivity contribution >= 4 is 5.91 Å². The molecule has 1 amide bonds. The van der Waals surface area contributed by atoms with Crippen LogP contribution in [0.15, 0.2) is 48.8 Å². The van der Waals surface area contributed by atoms with Crippen LogP contribution in [0.2, 0.25) is 0 Å². The average molecular weight is 270 g/mol. The molecule has 2 aromatic rings. The van der Waals surface area contributed by atoms with Crippen molar-refractivity contribution in [3.05, 3.63) is 59.9 Å². The monoisotopic (exact) mass is 270 g/mol. The molecular weight excluding hydrogens is 252 g/mol. The normalized spacial score (nSPS) is 11.7. The van der Waals surface area contributed by atoms with Crippen LogP contribution < -0.4 is 10.1 Å². The van der Waals surface area contributed by atoms with E-state index in [1.54, 1.807) is 24.5 Å². The Balaban J connectivity index is 2.01. The molecule has 0 aliphatic rings. The Morgan fingerprint density at radius 3 is 2.45 bits per heavy atom. The number of carbonyl (C=O) groups excluding carboxylic acids is 1. The van der Waals surface area contributed by atoms with Crippen LogP contribution in [0, 0.1) is 0 Å². The van der Waals surface area contributed by atoms with Gasteiger partial charge in [0.2, 0.25) is 0 Å². The average Bonchev–Trinajstić information content (AvgIpc) is 2.49. The first kappa shape index (κ1) is 14.1. The summed E-state index contributed by atoms with van der Waals surface area (Å²) in [6, 6.07) is 11.1. The first-order chi connectivity index (χ1) is 9.70. The van der Waals surface area contributed by atoms with Gasteiger partial charge in [0.25, 0.3) is 5.91 Å². The highest BCUT2D eigenvalue weighted by Gasteiger charge is 2.11. The zero-order valence-electron chi connectivity index (χ0n) is 11.7. The number of hydrogen-bond donors (Lipinski definition) is 1. The summed E-state index contributed by atoms with van der Waals surface area (Å²) in [6.07, 6.45) is 3.22. The molecule has 1 aromatic heterocycles. The van der Waals surface area contributed by atoms with Crippen molar-refractivity contribution in [2.24, 2.45) is 0 Å². The third-order valence-corrected chi connectivity index (χ3v) is 2.98. The van der Waals surface area contributed by atoms with E-state index >= 15 is 0 Å². The summed E-state index contributed by atoms with van der Waals surface area (Å²) in [6.45, 7) is 4.55. The minimum absolute atomic E-state index is 0.0636. The molecule has 4 heteroatoms. The summed E-state index contributed by atoms with van der Waals surface area (Å²) >= 11 is 0. The Morgan fingerprint density at radius 2 is 1.85 bits per heavy atom. The molecule has 104 valence electrons. The lowest BCUT2D eigenvalue weighted by Crippen LogP contribution is -2.26. The van der Waals surface area contributed by atoms with Crippen molar-refractivity contribution in [3.8, 4) is 5.75 Å². The predicted octanol–water partition coefficient (Wildman–Crippen LogP) is 2.97. The van der Waals surface area contributed by atoms with Gasteiger partial charge in [-0.25, -0.2) is 0 Å². The number of nitrogens with zero attached hydrogens (tertiary/aromatic N) is 1. The van der Waals surface area contributed by atoms with E-state index in [0.717, 1.165) is 11.3 Å². The second kappa shape index (κ2) is 6.70. The van der Waals surface area contributed by atoms with E-state index in [0.29, 0.717) is 12.2 Å². The number of amides is 1. The molecule has 1 atom stereocenters. The smallest absolute Gasteiger partial charge is 0.251 e. The minimum Gasteiger partial charge on any atom is -0.494 e. The molecule has 0 bridgehead atoms. The molecule has 0 saturated carbocycles. The number of rotatable bonds is 5. The van der Waals surface area contributed by atoms with E-state index in [-0.39, 0.29) is 11.9 Å². The van der Waals surface area contributed by atoms with Gasteiger partial charge in [0.05, 0.1) is 12.6 Å². The third kappa shape index (κ3) is 3.57. The Hall–Kier alpha value is -2.36. The fourth-order valence-electron chi connectivity index (χ4n) is 1.89. The van der Waals surface area contributed by atoms with E-state index in [1.807, 2.05) is 38.1 Å². The van der Waals surface area contributed by atoms with Gasteiger partial charge in [0.1, 0.15) is 5.75 Å². The number of aromatic nitrogens is 1. The van der Waals surface area contributed by atoms with E-state index in [9.17, 15) is 4.79 Å². The molecule has 0 radical (unpaired) electrons. The molecule has 1 aromatic carbocycles. The molecule has 4 nitrogen and oxygen atoms in total. The SMILES string of the molecule is CCOc1ccc(C(C)NC(=O)c2ccncc2)cc1. The maximum atomic E-state index is 12.0. The second-order valence-corrected chi connectivity index (χ2v) is 4.43. The summed E-state index contributed by atoms with van der Waals surface area (Å²) in [5, 5.41) is 2.96. The van der Waals surface area contributed by atoms with Gasteiger partial charge < -0.3 is 10.1 Å². The van der Waals surface area contributed by atoms with Crippen LogP contribution in [0.3, 0.4) is 0 Å². The van der Waals surface area contributed by atoms with Crippen LogP contribution >= 0.6 is 0 Å². The molecule has 0 aliphatic heterocycles. The quantitative estimate of drug-likeness (QED) is 0.908. The van der Waals surface area contributed by atoms with Gasteiger partial charge >= 0.3 is 0 Å². The van der Waals surface area contributed by atoms with Gasteiger partial charge in [0, 0.05) is 18.0 Å². The molecule has 0 spiro atoms. The number of nitrogens with one attached hydrogen (secondary N) is 1. The summed E-state index contributed by atoms with van der Waals surface area (Å²) < 4.78 is 5.40. The lowest BCUT2D eigenvalue weighted by molar-refractivity contribution is 0.0940. The van der Waals surface area contributed by atoms with Crippen molar-refractivity contribution < 1.29 is 9.53 Å². The molecule has 0 fully saturated rings. The number of benzene rings is 1. The Morgan fingerprint density at radius 1 is 1.20 bits per heavy atom. The first-order valence-electron chi connectivity index (χ1n) is 6.64. The lowest BCUT2D eigenvalue weighted by Gasteiger charge is -2.15. The van der Waals surface area contributed by atoms with Crippen LogP contribution in [-0.4, -0.2) is 17.5 Å². The van der Waals surface area contributed by atoms with Crippen molar-refractivity contribution in [3.63, 3.8) is 0 Å². The highest BCUT2D eigenvalue weighted by molar-refractivity contribution is 5.94. The lowest BCUT2D eigenvalue weighted by atomic mass is 10.1. The molecule has 2 rings (SSSR count). The van der Waals surface area contributed by atoms with Crippen molar-refractivity contribution in [2.75, 3.05) is 6.61 Å². The fraction of sp³-hybridized carbons (Fsp3) is 0.250.